The number of carbonyl (C=O) groups is 1. The molecule has 1 aliphatic heterocycles. The molecule has 3 aliphatic rings. The van der Waals surface area contributed by atoms with E-state index in [4.69, 9.17) is 16.6 Å². The highest BCUT2D eigenvalue weighted by molar-refractivity contribution is 6.20. The summed E-state index contributed by atoms with van der Waals surface area (Å²) in [6, 6.07) is 0.290. The fourth-order valence-electron chi connectivity index (χ4n) is 4.63. The van der Waals surface area contributed by atoms with E-state index in [2.05, 4.69) is 21.5 Å². The van der Waals surface area contributed by atoms with Crippen LogP contribution in [0.2, 0.25) is 0 Å². The first-order valence-corrected chi connectivity index (χ1v) is 11.6. The van der Waals surface area contributed by atoms with Gasteiger partial charge in [0.15, 0.2) is 5.96 Å². The molecule has 166 valence electrons. The summed E-state index contributed by atoms with van der Waals surface area (Å²) in [5.74, 6) is 0.920. The summed E-state index contributed by atoms with van der Waals surface area (Å²) in [5, 5.41) is 6.43. The Morgan fingerprint density at radius 3 is 2.45 bits per heavy atom. The van der Waals surface area contributed by atoms with Crippen molar-refractivity contribution in [2.45, 2.75) is 108 Å². The minimum Gasteiger partial charge on any atom is -0.351 e. The lowest BCUT2D eigenvalue weighted by Crippen LogP contribution is -2.52. The molecule has 0 bridgehead atoms. The second-order valence-corrected chi connectivity index (χ2v) is 10.6. The highest BCUT2D eigenvalue weighted by Gasteiger charge is 2.34. The van der Waals surface area contributed by atoms with Crippen LogP contribution in [0.4, 0.5) is 4.39 Å². The molecule has 0 spiro atoms. The predicted molar refractivity (Wildman–Crippen MR) is 115 cm³/mol. The molecule has 2 aliphatic carbocycles. The number of alkyl halides is 2. The van der Waals surface area contributed by atoms with Crippen molar-refractivity contribution in [3.63, 3.8) is 0 Å². The summed E-state index contributed by atoms with van der Waals surface area (Å²) in [6.07, 6.45) is 6.79. The summed E-state index contributed by atoms with van der Waals surface area (Å²) >= 11 is 6.27. The van der Waals surface area contributed by atoms with Crippen molar-refractivity contribution >= 4 is 23.5 Å². The van der Waals surface area contributed by atoms with Crippen molar-refractivity contribution < 1.29 is 9.18 Å². The van der Waals surface area contributed by atoms with Gasteiger partial charge in [0.1, 0.15) is 12.3 Å². The molecule has 6 nitrogen and oxygen atoms in total. The Labute approximate surface area is 179 Å². The number of hydrogen-bond acceptors (Lipinski definition) is 4. The highest BCUT2D eigenvalue weighted by atomic mass is 35.5. The normalized spacial score (nSPS) is 36.7. The van der Waals surface area contributed by atoms with E-state index in [1.165, 1.54) is 0 Å². The van der Waals surface area contributed by atoms with Crippen LogP contribution >= 0.6 is 11.6 Å². The highest BCUT2D eigenvalue weighted by Crippen LogP contribution is 2.31. The summed E-state index contributed by atoms with van der Waals surface area (Å²) in [6.45, 7) is 6.13. The standard InChI is InChI=1S/C21H37ClFN5O/c1-21(2,3)26-20(25-19(29)14-5-4-6-15(22)11-14)24-18-12-17(27-28-18)13-7-9-16(23)10-8-13/h13-18,27-28H,4-12H2,1-3H3,(H2,24,25,26,29). The molecule has 1 saturated heterocycles. The number of amides is 1. The molecule has 0 aromatic heterocycles. The fraction of sp³-hybridized carbons (Fsp3) is 0.905. The van der Waals surface area contributed by atoms with E-state index < -0.39 is 6.17 Å². The van der Waals surface area contributed by atoms with E-state index >= 15 is 0 Å². The SMILES string of the molecule is CC(C)(C)N/C(=N\C1CC(C2CCC(F)CC2)NN1)NC(=O)C1CCCC(Cl)C1. The second-order valence-electron chi connectivity index (χ2n) is 9.96. The van der Waals surface area contributed by atoms with Gasteiger partial charge >= 0.3 is 0 Å². The maximum atomic E-state index is 13.4. The predicted octanol–water partition coefficient (Wildman–Crippen LogP) is 3.37. The molecule has 3 fully saturated rings. The lowest BCUT2D eigenvalue weighted by Gasteiger charge is -2.28. The first-order chi connectivity index (χ1) is 13.7. The second kappa shape index (κ2) is 9.92. The first-order valence-electron chi connectivity index (χ1n) is 11.2. The Morgan fingerprint density at radius 2 is 1.79 bits per heavy atom. The zero-order chi connectivity index (χ0) is 21.0. The molecule has 0 aromatic carbocycles. The van der Waals surface area contributed by atoms with Gasteiger partial charge in [-0.3, -0.25) is 15.5 Å². The van der Waals surface area contributed by atoms with Gasteiger partial charge in [-0.1, -0.05) is 6.42 Å². The third kappa shape index (κ3) is 7.07. The molecule has 0 aromatic rings. The third-order valence-corrected chi connectivity index (χ3v) is 6.58. The summed E-state index contributed by atoms with van der Waals surface area (Å²) in [5.41, 5.74) is 6.37. The summed E-state index contributed by atoms with van der Waals surface area (Å²) in [4.78, 5) is 17.6. The van der Waals surface area contributed by atoms with Crippen LogP contribution in [-0.2, 0) is 4.79 Å². The third-order valence-electron chi connectivity index (χ3n) is 6.18. The first kappa shape index (κ1) is 22.8. The number of hydrazine groups is 1. The number of hydrogen-bond donors (Lipinski definition) is 4. The molecule has 3 rings (SSSR count). The van der Waals surface area contributed by atoms with Crippen LogP contribution in [0.15, 0.2) is 4.99 Å². The average Bonchev–Trinajstić information content (AvgIpc) is 3.09. The van der Waals surface area contributed by atoms with Crippen molar-refractivity contribution in [1.29, 1.82) is 0 Å². The van der Waals surface area contributed by atoms with Gasteiger partial charge in [0, 0.05) is 29.3 Å². The van der Waals surface area contributed by atoms with E-state index in [-0.39, 0.29) is 34.9 Å². The minimum absolute atomic E-state index is 0.00498. The lowest BCUT2D eigenvalue weighted by atomic mass is 9.82. The van der Waals surface area contributed by atoms with Gasteiger partial charge in [-0.2, -0.15) is 0 Å². The van der Waals surface area contributed by atoms with Crippen molar-refractivity contribution in [2.75, 3.05) is 0 Å². The number of guanidine groups is 1. The zero-order valence-corrected chi connectivity index (χ0v) is 18.7. The molecule has 0 radical (unpaired) electrons. The Balaban J connectivity index is 1.60. The van der Waals surface area contributed by atoms with E-state index in [1.807, 2.05) is 20.8 Å². The zero-order valence-electron chi connectivity index (χ0n) is 17.9. The van der Waals surface area contributed by atoms with Crippen molar-refractivity contribution in [3.8, 4) is 0 Å². The van der Waals surface area contributed by atoms with Crippen molar-refractivity contribution in [3.05, 3.63) is 0 Å². The summed E-state index contributed by atoms with van der Waals surface area (Å²) in [7, 11) is 0. The molecule has 4 unspecified atom stereocenters. The molecule has 2 saturated carbocycles. The summed E-state index contributed by atoms with van der Waals surface area (Å²) < 4.78 is 13.4. The van der Waals surface area contributed by atoms with Crippen LogP contribution in [0.3, 0.4) is 0 Å². The smallest absolute Gasteiger partial charge is 0.229 e. The van der Waals surface area contributed by atoms with Gasteiger partial charge in [0.05, 0.1) is 0 Å². The van der Waals surface area contributed by atoms with Crippen LogP contribution < -0.4 is 21.5 Å². The molecule has 4 atom stereocenters. The number of aliphatic imine (C=N–C) groups is 1. The number of nitrogens with one attached hydrogen (secondary N) is 4. The van der Waals surface area contributed by atoms with Gasteiger partial charge in [0.25, 0.3) is 0 Å². The Morgan fingerprint density at radius 1 is 1.07 bits per heavy atom. The van der Waals surface area contributed by atoms with Crippen molar-refractivity contribution in [1.82, 2.24) is 21.5 Å². The molecule has 29 heavy (non-hydrogen) atoms. The molecule has 8 heteroatoms. The minimum atomic E-state index is -0.639. The largest absolute Gasteiger partial charge is 0.351 e. The van der Waals surface area contributed by atoms with Crippen molar-refractivity contribution in [2.24, 2.45) is 16.8 Å². The Hall–Kier alpha value is -0.920. The van der Waals surface area contributed by atoms with Crippen LogP contribution in [0.5, 0.6) is 0 Å². The lowest BCUT2D eigenvalue weighted by molar-refractivity contribution is -0.124. The fourth-order valence-corrected chi connectivity index (χ4v) is 5.00. The Kier molecular flexibility index (Phi) is 7.79. The van der Waals surface area contributed by atoms with E-state index in [0.717, 1.165) is 44.9 Å². The van der Waals surface area contributed by atoms with Crippen LogP contribution in [0.1, 0.15) is 78.6 Å². The maximum absolute atomic E-state index is 13.4. The van der Waals surface area contributed by atoms with Gasteiger partial charge < -0.3 is 5.32 Å². The molecule has 1 heterocycles. The van der Waals surface area contributed by atoms with E-state index in [0.29, 0.717) is 24.7 Å². The van der Waals surface area contributed by atoms with E-state index in [9.17, 15) is 9.18 Å². The van der Waals surface area contributed by atoms with Gasteiger partial charge in [-0.25, -0.2) is 14.8 Å². The molecular weight excluding hydrogens is 393 g/mol. The number of halogens is 2. The number of nitrogens with zero attached hydrogens (tertiary/aromatic N) is 1. The van der Waals surface area contributed by atoms with Gasteiger partial charge in [0.2, 0.25) is 5.91 Å². The van der Waals surface area contributed by atoms with E-state index in [1.54, 1.807) is 0 Å². The Bertz CT molecular complexity index is 588. The molecular formula is C21H37ClFN5O. The molecule has 1 amide bonds. The number of carbonyl (C=O) groups excluding carboxylic acids is 1. The number of rotatable bonds is 3. The van der Waals surface area contributed by atoms with Gasteiger partial charge in [-0.15, -0.1) is 11.6 Å². The van der Waals surface area contributed by atoms with Crippen LogP contribution in [-0.4, -0.2) is 41.2 Å². The monoisotopic (exact) mass is 429 g/mol. The van der Waals surface area contributed by atoms with Gasteiger partial charge in [-0.05, 0) is 71.6 Å². The maximum Gasteiger partial charge on any atom is 0.229 e. The topological polar surface area (TPSA) is 77.6 Å². The average molecular weight is 430 g/mol. The quantitative estimate of drug-likeness (QED) is 0.315. The van der Waals surface area contributed by atoms with Crippen LogP contribution in [0, 0.1) is 11.8 Å². The van der Waals surface area contributed by atoms with Crippen LogP contribution in [0.25, 0.3) is 0 Å². The molecule has 4 N–H and O–H groups in total.